The minimum Gasteiger partial charge on any atom is -0.494 e. The number of rotatable bonds is 8. The van der Waals surface area contributed by atoms with Crippen LogP contribution in [0.1, 0.15) is 64.4 Å². The van der Waals surface area contributed by atoms with E-state index < -0.39 is 11.8 Å². The van der Waals surface area contributed by atoms with Gasteiger partial charge in [-0.05, 0) is 56.7 Å². The van der Waals surface area contributed by atoms with Gasteiger partial charge in [0.05, 0.1) is 18.8 Å². The molecule has 0 atom stereocenters. The predicted molar refractivity (Wildman–Crippen MR) is 95.7 cm³/mol. The summed E-state index contributed by atoms with van der Waals surface area (Å²) in [6.07, 6.45) is 4.99. The van der Waals surface area contributed by atoms with Crippen molar-refractivity contribution in [3.8, 4) is 5.75 Å². The average molecular weight is 350 g/mol. The lowest BCUT2D eigenvalue weighted by molar-refractivity contribution is -0.0531. The maximum absolute atomic E-state index is 11.4. The fourth-order valence-electron chi connectivity index (χ4n) is 3.17. The van der Waals surface area contributed by atoms with Crippen molar-refractivity contribution in [1.82, 2.24) is 0 Å². The van der Waals surface area contributed by atoms with E-state index in [9.17, 15) is 9.90 Å². The van der Waals surface area contributed by atoms with Crippen molar-refractivity contribution in [2.24, 2.45) is 0 Å². The molecule has 1 fully saturated rings. The van der Waals surface area contributed by atoms with E-state index in [1.807, 2.05) is 24.3 Å². The lowest BCUT2D eigenvalue weighted by Crippen LogP contribution is -2.35. The maximum atomic E-state index is 11.4. The molecule has 5 heteroatoms. The Bertz CT molecular complexity index is 517. The van der Waals surface area contributed by atoms with Gasteiger partial charge in [0.15, 0.2) is 0 Å². The van der Waals surface area contributed by atoms with Crippen LogP contribution < -0.4 is 4.74 Å². The van der Waals surface area contributed by atoms with Crippen LogP contribution in [0.25, 0.3) is 0 Å². The summed E-state index contributed by atoms with van der Waals surface area (Å²) < 4.78 is 15.8. The quantitative estimate of drug-likeness (QED) is 0.550. The molecular weight excluding hydrogens is 320 g/mol. The van der Waals surface area contributed by atoms with Crippen LogP contribution in [0.15, 0.2) is 24.3 Å². The Morgan fingerprint density at radius 1 is 1.16 bits per heavy atom. The Morgan fingerprint density at radius 3 is 2.44 bits per heavy atom. The van der Waals surface area contributed by atoms with Gasteiger partial charge in [0.25, 0.3) is 0 Å². The molecule has 0 aromatic heterocycles. The van der Waals surface area contributed by atoms with Crippen molar-refractivity contribution < 1.29 is 24.1 Å². The van der Waals surface area contributed by atoms with E-state index in [0.29, 0.717) is 32.3 Å². The van der Waals surface area contributed by atoms with Crippen LogP contribution in [0.5, 0.6) is 5.75 Å². The third-order valence-corrected chi connectivity index (χ3v) is 4.69. The molecule has 0 aliphatic heterocycles. The Morgan fingerprint density at radius 2 is 1.84 bits per heavy atom. The number of unbranched alkanes of at least 4 members (excludes halogenated alkanes) is 2. The second-order valence-electron chi connectivity index (χ2n) is 6.61. The summed E-state index contributed by atoms with van der Waals surface area (Å²) in [5.41, 5.74) is 0.0258. The second-order valence-corrected chi connectivity index (χ2v) is 6.61. The Balaban J connectivity index is 1.83. The average Bonchev–Trinajstić information content (AvgIpc) is 2.62. The Labute approximate surface area is 150 Å². The van der Waals surface area contributed by atoms with Gasteiger partial charge in [-0.2, -0.15) is 0 Å². The fourth-order valence-corrected chi connectivity index (χ4v) is 3.17. The molecule has 1 aliphatic carbocycles. The van der Waals surface area contributed by atoms with Gasteiger partial charge in [-0.25, -0.2) is 4.79 Å². The second kappa shape index (κ2) is 9.66. The monoisotopic (exact) mass is 350 g/mol. The molecule has 2 rings (SSSR count). The topological polar surface area (TPSA) is 65.0 Å². The van der Waals surface area contributed by atoms with Gasteiger partial charge in [0.1, 0.15) is 11.9 Å². The number of ether oxygens (including phenoxy) is 3. The van der Waals surface area contributed by atoms with E-state index in [-0.39, 0.29) is 6.10 Å². The molecule has 1 aromatic carbocycles. The highest BCUT2D eigenvalue weighted by atomic mass is 16.7. The molecule has 0 bridgehead atoms. The van der Waals surface area contributed by atoms with Crippen LogP contribution in [0.2, 0.25) is 0 Å². The van der Waals surface area contributed by atoms with Crippen LogP contribution >= 0.6 is 0 Å². The van der Waals surface area contributed by atoms with Gasteiger partial charge in [-0.15, -0.1) is 0 Å². The zero-order chi connectivity index (χ0) is 18.1. The van der Waals surface area contributed by atoms with Crippen LogP contribution in [0.3, 0.4) is 0 Å². The molecule has 0 amide bonds. The van der Waals surface area contributed by atoms with Crippen molar-refractivity contribution >= 4 is 6.16 Å². The van der Waals surface area contributed by atoms with Crippen molar-refractivity contribution in [1.29, 1.82) is 0 Å². The Kier molecular flexibility index (Phi) is 7.56. The van der Waals surface area contributed by atoms with Gasteiger partial charge >= 0.3 is 6.16 Å². The van der Waals surface area contributed by atoms with Gasteiger partial charge in [0.2, 0.25) is 0 Å². The number of aliphatic hydroxyl groups is 1. The lowest BCUT2D eigenvalue weighted by Gasteiger charge is -2.36. The number of hydrogen-bond acceptors (Lipinski definition) is 5. The summed E-state index contributed by atoms with van der Waals surface area (Å²) in [5.74, 6) is 0.836. The molecule has 1 N–H and O–H groups in total. The van der Waals surface area contributed by atoms with Crippen molar-refractivity contribution in [2.45, 2.75) is 70.5 Å². The smallest absolute Gasteiger partial charge is 0.494 e. The Hall–Kier alpha value is -1.75. The van der Waals surface area contributed by atoms with E-state index >= 15 is 0 Å². The van der Waals surface area contributed by atoms with Crippen LogP contribution in [-0.4, -0.2) is 30.6 Å². The summed E-state index contributed by atoms with van der Waals surface area (Å²) in [6.45, 7) is 4.95. The zero-order valence-corrected chi connectivity index (χ0v) is 15.3. The number of hydrogen-bond donors (Lipinski definition) is 1. The standard InChI is InChI=1S/C20H30O5/c1-3-5-6-15-24-17-9-7-16(8-10-17)20(22)13-11-18(12-14-20)25-19(21)23-4-2/h7-10,18,22H,3-6,11-15H2,1-2H3. The third-order valence-electron chi connectivity index (χ3n) is 4.69. The molecular formula is C20H30O5. The maximum Gasteiger partial charge on any atom is 0.508 e. The summed E-state index contributed by atoms with van der Waals surface area (Å²) in [7, 11) is 0. The first-order chi connectivity index (χ1) is 12.1. The van der Waals surface area contributed by atoms with E-state index in [0.717, 1.165) is 24.3 Å². The minimum atomic E-state index is -0.866. The molecule has 25 heavy (non-hydrogen) atoms. The largest absolute Gasteiger partial charge is 0.508 e. The van der Waals surface area contributed by atoms with E-state index in [4.69, 9.17) is 14.2 Å². The zero-order valence-electron chi connectivity index (χ0n) is 15.3. The summed E-state index contributed by atoms with van der Waals surface area (Å²) >= 11 is 0. The molecule has 140 valence electrons. The molecule has 1 aromatic rings. The number of benzene rings is 1. The normalized spacial score (nSPS) is 23.1. The highest BCUT2D eigenvalue weighted by Crippen LogP contribution is 2.38. The molecule has 1 aliphatic rings. The number of carbonyl (C=O) groups is 1. The summed E-state index contributed by atoms with van der Waals surface area (Å²) in [5, 5.41) is 10.9. The SMILES string of the molecule is CCCCCOc1ccc(C2(O)CCC(OC(=O)OCC)CC2)cc1. The predicted octanol–water partition coefficient (Wildman–Crippen LogP) is 4.56. The highest BCUT2D eigenvalue weighted by Gasteiger charge is 2.36. The van der Waals surface area contributed by atoms with Crippen molar-refractivity contribution in [3.63, 3.8) is 0 Å². The van der Waals surface area contributed by atoms with Crippen LogP contribution in [0.4, 0.5) is 4.79 Å². The van der Waals surface area contributed by atoms with Gasteiger partial charge in [-0.3, -0.25) is 0 Å². The van der Waals surface area contributed by atoms with Crippen molar-refractivity contribution in [3.05, 3.63) is 29.8 Å². The van der Waals surface area contributed by atoms with E-state index in [1.54, 1.807) is 6.92 Å². The number of carbonyl (C=O) groups excluding carboxylic acids is 1. The van der Waals surface area contributed by atoms with Gasteiger partial charge in [0, 0.05) is 0 Å². The summed E-state index contributed by atoms with van der Waals surface area (Å²) in [4.78, 5) is 11.4. The first-order valence-corrected chi connectivity index (χ1v) is 9.36. The van der Waals surface area contributed by atoms with E-state index in [1.165, 1.54) is 12.8 Å². The molecule has 1 saturated carbocycles. The highest BCUT2D eigenvalue weighted by molar-refractivity contribution is 5.60. The first kappa shape index (κ1) is 19.6. The molecule has 0 unspecified atom stereocenters. The van der Waals surface area contributed by atoms with Gasteiger partial charge < -0.3 is 19.3 Å². The van der Waals surface area contributed by atoms with Crippen LogP contribution in [0, 0.1) is 0 Å². The molecule has 0 heterocycles. The molecule has 0 radical (unpaired) electrons. The van der Waals surface area contributed by atoms with E-state index in [2.05, 4.69) is 6.92 Å². The van der Waals surface area contributed by atoms with Crippen LogP contribution in [-0.2, 0) is 15.1 Å². The molecule has 5 nitrogen and oxygen atoms in total. The first-order valence-electron chi connectivity index (χ1n) is 9.36. The third kappa shape index (κ3) is 5.92. The summed E-state index contributed by atoms with van der Waals surface area (Å²) in [6, 6.07) is 7.70. The molecule has 0 saturated heterocycles. The van der Waals surface area contributed by atoms with Gasteiger partial charge in [-0.1, -0.05) is 31.9 Å². The fraction of sp³-hybridized carbons (Fsp3) is 0.650. The lowest BCUT2D eigenvalue weighted by atomic mass is 9.78. The minimum absolute atomic E-state index is 0.180. The molecule has 0 spiro atoms. The van der Waals surface area contributed by atoms with Crippen molar-refractivity contribution in [2.75, 3.05) is 13.2 Å².